The minimum absolute atomic E-state index is 0.0416. The number of alkyl carbamates (subject to hydrolysis) is 1. The van der Waals surface area contributed by atoms with Crippen LogP contribution in [-0.2, 0) is 19.1 Å². The van der Waals surface area contributed by atoms with Crippen molar-refractivity contribution in [1.29, 1.82) is 5.41 Å². The van der Waals surface area contributed by atoms with Gasteiger partial charge in [0.25, 0.3) is 0 Å². The van der Waals surface area contributed by atoms with Crippen LogP contribution in [0.15, 0.2) is 29.4 Å². The number of ether oxygens (including phenoxy) is 2. The van der Waals surface area contributed by atoms with Crippen molar-refractivity contribution in [3.05, 3.63) is 24.4 Å². The van der Waals surface area contributed by atoms with Crippen LogP contribution in [0, 0.1) is 5.41 Å². The summed E-state index contributed by atoms with van der Waals surface area (Å²) in [5.41, 5.74) is 0. The van der Waals surface area contributed by atoms with E-state index < -0.39 is 23.9 Å². The van der Waals surface area contributed by atoms with E-state index in [-0.39, 0.29) is 19.4 Å². The van der Waals surface area contributed by atoms with Crippen molar-refractivity contribution < 1.29 is 23.9 Å². The molecular weight excluding hydrogens is 366 g/mol. The summed E-state index contributed by atoms with van der Waals surface area (Å²) in [5.74, 6) is -0.564. The molecule has 1 aromatic heterocycles. The summed E-state index contributed by atoms with van der Waals surface area (Å²) in [7, 11) is 4.14. The Bertz CT molecular complexity index is 586. The number of nitrogens with one attached hydrogen (secondary N) is 2. The lowest BCUT2D eigenvalue weighted by atomic mass is 10.1. The molecule has 0 spiro atoms. The Morgan fingerprint density at radius 3 is 2.84 bits per heavy atom. The fraction of sp³-hybridized carbons (Fsp3) is 0.400. The molecule has 0 aromatic carbocycles. The highest BCUT2D eigenvalue weighted by atomic mass is 33.1. The number of ketones is 1. The van der Waals surface area contributed by atoms with Gasteiger partial charge in [0.05, 0.1) is 13.3 Å². The summed E-state index contributed by atoms with van der Waals surface area (Å²) in [5, 5.41) is 10.1. The maximum Gasteiger partial charge on any atom is 0.407 e. The second-order valence-corrected chi connectivity index (χ2v) is 7.01. The quantitative estimate of drug-likeness (QED) is 0.257. The standard InChI is InChI=1S/C15H19N3O5S2/c1-22-14(20)12(6-5-11(19)10-16)18-15(21)23-8-9-24-25-13-4-2-3-7-17-13/h2-4,7,10,12,16H,5-6,8-9H2,1H3,(H,18,21)/t12-/m0/s1. The third-order valence-corrected chi connectivity index (χ3v) is 5.03. The van der Waals surface area contributed by atoms with Crippen LogP contribution in [0.25, 0.3) is 0 Å². The van der Waals surface area contributed by atoms with E-state index >= 15 is 0 Å². The molecule has 10 heteroatoms. The highest BCUT2D eigenvalue weighted by molar-refractivity contribution is 8.76. The van der Waals surface area contributed by atoms with E-state index in [0.717, 1.165) is 5.03 Å². The molecule has 0 aliphatic rings. The monoisotopic (exact) mass is 385 g/mol. The number of hydrogen-bond donors (Lipinski definition) is 2. The maximum absolute atomic E-state index is 11.7. The van der Waals surface area contributed by atoms with E-state index in [1.807, 2.05) is 18.2 Å². The number of aromatic nitrogens is 1. The van der Waals surface area contributed by atoms with Gasteiger partial charge in [0.2, 0.25) is 0 Å². The molecule has 0 radical (unpaired) electrons. The minimum Gasteiger partial charge on any atom is -0.467 e. The molecule has 1 aromatic rings. The maximum atomic E-state index is 11.7. The zero-order valence-electron chi connectivity index (χ0n) is 13.6. The topological polar surface area (TPSA) is 118 Å². The summed E-state index contributed by atoms with van der Waals surface area (Å²) in [6, 6.07) is 4.60. The summed E-state index contributed by atoms with van der Waals surface area (Å²) in [6.07, 6.45) is 1.60. The normalized spacial score (nSPS) is 11.2. The van der Waals surface area contributed by atoms with Gasteiger partial charge in [0.15, 0.2) is 5.78 Å². The van der Waals surface area contributed by atoms with Crippen LogP contribution in [0.2, 0.25) is 0 Å². The van der Waals surface area contributed by atoms with Gasteiger partial charge in [0, 0.05) is 18.4 Å². The van der Waals surface area contributed by atoms with Crippen molar-refractivity contribution >= 4 is 45.6 Å². The first-order chi connectivity index (χ1) is 12.1. The van der Waals surface area contributed by atoms with Gasteiger partial charge in [-0.2, -0.15) is 0 Å². The Morgan fingerprint density at radius 2 is 2.20 bits per heavy atom. The molecule has 1 heterocycles. The molecule has 1 rings (SSSR count). The molecule has 2 N–H and O–H groups in total. The molecular formula is C15H19N3O5S2. The van der Waals surface area contributed by atoms with Crippen molar-refractivity contribution in [2.24, 2.45) is 0 Å². The SMILES string of the molecule is COC(=O)[C@H](CCC(=O)C=N)NC(=O)OCCSSc1ccccn1. The van der Waals surface area contributed by atoms with Gasteiger partial charge in [-0.3, -0.25) is 4.79 Å². The predicted octanol–water partition coefficient (Wildman–Crippen LogP) is 2.09. The van der Waals surface area contributed by atoms with E-state index in [2.05, 4.69) is 15.0 Å². The Hall–Kier alpha value is -2.07. The van der Waals surface area contributed by atoms with E-state index in [1.54, 1.807) is 6.20 Å². The fourth-order valence-electron chi connectivity index (χ4n) is 1.60. The van der Waals surface area contributed by atoms with Crippen molar-refractivity contribution in [3.63, 3.8) is 0 Å². The number of carbonyl (C=O) groups is 3. The number of esters is 1. The zero-order valence-corrected chi connectivity index (χ0v) is 15.2. The molecule has 0 aliphatic heterocycles. The molecule has 1 atom stereocenters. The number of pyridine rings is 1. The van der Waals surface area contributed by atoms with E-state index in [4.69, 9.17) is 10.1 Å². The number of methoxy groups -OCH3 is 1. The molecule has 0 saturated heterocycles. The number of rotatable bonds is 11. The number of hydrogen-bond acceptors (Lipinski definition) is 9. The Balaban J connectivity index is 2.27. The molecule has 1 amide bonds. The summed E-state index contributed by atoms with van der Waals surface area (Å²) < 4.78 is 9.58. The number of amides is 1. The first-order valence-electron chi connectivity index (χ1n) is 7.31. The van der Waals surface area contributed by atoms with Gasteiger partial charge in [-0.15, -0.1) is 0 Å². The van der Waals surface area contributed by atoms with Gasteiger partial charge in [-0.25, -0.2) is 14.6 Å². The smallest absolute Gasteiger partial charge is 0.407 e. The average molecular weight is 385 g/mol. The first kappa shape index (κ1) is 21.0. The van der Waals surface area contributed by atoms with Crippen LogP contribution in [0.4, 0.5) is 4.79 Å². The molecule has 25 heavy (non-hydrogen) atoms. The number of Topliss-reactive ketones (excluding diaryl/α,β-unsaturated/α-hetero) is 1. The Labute approximate surface area is 153 Å². The molecule has 0 bridgehead atoms. The largest absolute Gasteiger partial charge is 0.467 e. The third kappa shape index (κ3) is 9.11. The lowest BCUT2D eigenvalue weighted by Crippen LogP contribution is -2.42. The molecule has 136 valence electrons. The van der Waals surface area contributed by atoms with Crippen LogP contribution in [0.5, 0.6) is 0 Å². The van der Waals surface area contributed by atoms with Gasteiger partial charge in [0.1, 0.15) is 17.7 Å². The van der Waals surface area contributed by atoms with Gasteiger partial charge in [-0.1, -0.05) is 16.9 Å². The van der Waals surface area contributed by atoms with Gasteiger partial charge >= 0.3 is 12.1 Å². The lowest BCUT2D eigenvalue weighted by Gasteiger charge is -2.15. The summed E-state index contributed by atoms with van der Waals surface area (Å²) in [4.78, 5) is 38.6. The highest BCUT2D eigenvalue weighted by Crippen LogP contribution is 2.28. The van der Waals surface area contributed by atoms with Gasteiger partial charge in [-0.05, 0) is 29.3 Å². The molecule has 8 nitrogen and oxygen atoms in total. The van der Waals surface area contributed by atoms with Crippen LogP contribution in [0.3, 0.4) is 0 Å². The minimum atomic E-state index is -0.989. The number of carbonyl (C=O) groups excluding carboxylic acids is 3. The van der Waals surface area contributed by atoms with E-state index in [0.29, 0.717) is 12.0 Å². The van der Waals surface area contributed by atoms with Crippen molar-refractivity contribution in [2.75, 3.05) is 19.5 Å². The zero-order chi connectivity index (χ0) is 18.5. The fourth-order valence-corrected chi connectivity index (χ4v) is 3.31. The van der Waals surface area contributed by atoms with E-state index in [1.165, 1.54) is 28.7 Å². The lowest BCUT2D eigenvalue weighted by molar-refractivity contribution is -0.143. The van der Waals surface area contributed by atoms with Crippen molar-refractivity contribution in [1.82, 2.24) is 10.3 Å². The van der Waals surface area contributed by atoms with Gasteiger partial charge < -0.3 is 20.2 Å². The van der Waals surface area contributed by atoms with E-state index in [9.17, 15) is 14.4 Å². The van der Waals surface area contributed by atoms with Crippen molar-refractivity contribution in [3.8, 4) is 0 Å². The molecule has 0 saturated carbocycles. The molecule has 0 fully saturated rings. The predicted molar refractivity (Wildman–Crippen MR) is 95.9 cm³/mol. The average Bonchev–Trinajstić information content (AvgIpc) is 2.64. The third-order valence-electron chi connectivity index (χ3n) is 2.80. The van der Waals surface area contributed by atoms with Crippen molar-refractivity contribution in [2.45, 2.75) is 23.9 Å². The second-order valence-electron chi connectivity index (χ2n) is 4.58. The molecule has 0 unspecified atom stereocenters. The van der Waals surface area contributed by atoms with Crippen LogP contribution >= 0.6 is 21.6 Å². The Kier molecular flexibility index (Phi) is 10.3. The highest BCUT2D eigenvalue weighted by Gasteiger charge is 2.22. The van der Waals surface area contributed by atoms with Crippen LogP contribution < -0.4 is 5.32 Å². The summed E-state index contributed by atoms with van der Waals surface area (Å²) in [6.45, 7) is 0.156. The Morgan fingerprint density at radius 1 is 1.40 bits per heavy atom. The first-order valence-corrected chi connectivity index (χ1v) is 9.63. The number of nitrogens with zero attached hydrogens (tertiary/aromatic N) is 1. The summed E-state index contributed by atoms with van der Waals surface area (Å²) >= 11 is 0. The second kappa shape index (κ2) is 12.3. The van der Waals surface area contributed by atoms with Crippen LogP contribution in [-0.4, -0.2) is 54.6 Å². The van der Waals surface area contributed by atoms with Crippen LogP contribution in [0.1, 0.15) is 12.8 Å². The molecule has 0 aliphatic carbocycles.